The Labute approximate surface area is 105 Å². The Balaban J connectivity index is 2.17. The van der Waals surface area contributed by atoms with Crippen molar-refractivity contribution < 1.29 is 4.74 Å². The number of benzene rings is 1. The predicted octanol–water partition coefficient (Wildman–Crippen LogP) is 2.93. The summed E-state index contributed by atoms with van der Waals surface area (Å²) in [5.74, 6) is 1.62. The van der Waals surface area contributed by atoms with Gasteiger partial charge in [-0.2, -0.15) is 5.10 Å². The van der Waals surface area contributed by atoms with Crippen LogP contribution in [0.3, 0.4) is 0 Å². The van der Waals surface area contributed by atoms with Crippen molar-refractivity contribution in [2.24, 2.45) is 7.05 Å². The van der Waals surface area contributed by atoms with Crippen LogP contribution in [0.4, 0.5) is 0 Å². The second-order valence-corrected chi connectivity index (χ2v) is 4.41. The summed E-state index contributed by atoms with van der Waals surface area (Å²) in [6.07, 6.45) is -0.143. The van der Waals surface area contributed by atoms with Gasteiger partial charge >= 0.3 is 0 Å². The van der Waals surface area contributed by atoms with Crippen molar-refractivity contribution in [3.05, 3.63) is 40.4 Å². The van der Waals surface area contributed by atoms with Crippen molar-refractivity contribution in [2.45, 2.75) is 20.0 Å². The molecule has 90 valence electrons. The summed E-state index contributed by atoms with van der Waals surface area (Å²) in [6.45, 7) is 4.00. The molecule has 1 aromatic heterocycles. The zero-order valence-electron chi connectivity index (χ0n) is 10.1. The maximum Gasteiger partial charge on any atom is 0.195 e. The third kappa shape index (κ3) is 2.55. The van der Waals surface area contributed by atoms with Crippen molar-refractivity contribution >= 4 is 12.2 Å². The minimum Gasteiger partial charge on any atom is -0.483 e. The van der Waals surface area contributed by atoms with E-state index in [1.54, 1.807) is 0 Å². The molecule has 0 spiro atoms. The van der Waals surface area contributed by atoms with Gasteiger partial charge in [0, 0.05) is 7.05 Å². The molecule has 1 unspecified atom stereocenters. The first-order chi connectivity index (χ1) is 8.08. The van der Waals surface area contributed by atoms with Crippen molar-refractivity contribution in [1.29, 1.82) is 0 Å². The normalized spacial score (nSPS) is 12.4. The molecule has 17 heavy (non-hydrogen) atoms. The first-order valence-electron chi connectivity index (χ1n) is 5.42. The molecule has 0 bridgehead atoms. The van der Waals surface area contributed by atoms with Gasteiger partial charge in [0.2, 0.25) is 0 Å². The molecule has 2 aromatic rings. The van der Waals surface area contributed by atoms with Crippen LogP contribution < -0.4 is 4.74 Å². The van der Waals surface area contributed by atoms with Crippen molar-refractivity contribution in [1.82, 2.24) is 14.8 Å². The lowest BCUT2D eigenvalue weighted by molar-refractivity contribution is 0.212. The van der Waals surface area contributed by atoms with Crippen LogP contribution in [-0.4, -0.2) is 14.8 Å². The highest BCUT2D eigenvalue weighted by atomic mass is 32.1. The minimum atomic E-state index is -0.143. The molecule has 0 aliphatic carbocycles. The number of nitrogens with one attached hydrogen (secondary N) is 1. The second kappa shape index (κ2) is 4.71. The van der Waals surface area contributed by atoms with Crippen LogP contribution in [0, 0.1) is 11.7 Å². The zero-order valence-corrected chi connectivity index (χ0v) is 10.9. The van der Waals surface area contributed by atoms with Gasteiger partial charge in [-0.3, -0.25) is 5.10 Å². The third-order valence-corrected chi connectivity index (χ3v) is 2.98. The SMILES string of the molecule is Cc1ccc(OC(C)c2n[nH]c(=S)n2C)cc1. The fourth-order valence-corrected chi connectivity index (χ4v) is 1.74. The number of nitrogens with zero attached hydrogens (tertiary/aromatic N) is 2. The van der Waals surface area contributed by atoms with Crippen molar-refractivity contribution in [3.63, 3.8) is 0 Å². The Morgan fingerprint density at radius 2 is 2.00 bits per heavy atom. The van der Waals surface area contributed by atoms with E-state index < -0.39 is 0 Å². The predicted molar refractivity (Wildman–Crippen MR) is 68.6 cm³/mol. The summed E-state index contributed by atoms with van der Waals surface area (Å²) >= 11 is 5.06. The highest BCUT2D eigenvalue weighted by molar-refractivity contribution is 7.71. The van der Waals surface area contributed by atoms with Crippen LogP contribution in [0.15, 0.2) is 24.3 Å². The van der Waals surface area contributed by atoms with Crippen LogP contribution in [0.5, 0.6) is 5.75 Å². The Kier molecular flexibility index (Phi) is 3.28. The van der Waals surface area contributed by atoms with Crippen LogP contribution in [-0.2, 0) is 7.05 Å². The van der Waals surface area contributed by atoms with E-state index in [-0.39, 0.29) is 6.10 Å². The van der Waals surface area contributed by atoms with E-state index in [4.69, 9.17) is 17.0 Å². The van der Waals surface area contributed by atoms with E-state index in [1.165, 1.54) is 5.56 Å². The van der Waals surface area contributed by atoms with Gasteiger partial charge in [0.15, 0.2) is 16.7 Å². The van der Waals surface area contributed by atoms with Gasteiger partial charge < -0.3 is 9.30 Å². The summed E-state index contributed by atoms with van der Waals surface area (Å²) in [6, 6.07) is 7.94. The standard InChI is InChI=1S/C12H15N3OS/c1-8-4-6-10(7-5-8)16-9(2)11-13-14-12(17)15(11)3/h4-7,9H,1-3H3,(H,14,17). The molecule has 0 saturated carbocycles. The number of aromatic nitrogens is 3. The lowest BCUT2D eigenvalue weighted by atomic mass is 10.2. The number of ether oxygens (including phenoxy) is 1. The number of aryl methyl sites for hydroxylation is 1. The maximum absolute atomic E-state index is 5.80. The first-order valence-corrected chi connectivity index (χ1v) is 5.83. The Hall–Kier alpha value is -1.62. The Bertz CT molecular complexity index is 556. The van der Waals surface area contributed by atoms with Crippen molar-refractivity contribution in [3.8, 4) is 5.75 Å². The van der Waals surface area contributed by atoms with Gasteiger partial charge in [0.1, 0.15) is 5.75 Å². The average molecular weight is 249 g/mol. The quantitative estimate of drug-likeness (QED) is 0.850. The molecule has 1 aromatic carbocycles. The zero-order chi connectivity index (χ0) is 12.4. The molecule has 0 radical (unpaired) electrons. The molecular formula is C12H15N3OS. The van der Waals surface area contributed by atoms with E-state index in [0.717, 1.165) is 11.6 Å². The van der Waals surface area contributed by atoms with Crippen molar-refractivity contribution in [2.75, 3.05) is 0 Å². The van der Waals surface area contributed by atoms with Gasteiger partial charge in [0.05, 0.1) is 0 Å². The fraction of sp³-hybridized carbons (Fsp3) is 0.333. The van der Waals surface area contributed by atoms with Gasteiger partial charge in [-0.05, 0) is 38.2 Å². The molecule has 4 nitrogen and oxygen atoms in total. The Morgan fingerprint density at radius 3 is 2.53 bits per heavy atom. The number of hydrogen-bond acceptors (Lipinski definition) is 3. The molecule has 1 heterocycles. The molecule has 2 rings (SSSR count). The molecule has 0 saturated heterocycles. The van der Waals surface area contributed by atoms with E-state index in [2.05, 4.69) is 10.2 Å². The van der Waals surface area contributed by atoms with E-state index >= 15 is 0 Å². The number of aromatic amines is 1. The molecular weight excluding hydrogens is 234 g/mol. The third-order valence-electron chi connectivity index (χ3n) is 2.61. The van der Waals surface area contributed by atoms with Gasteiger partial charge in [0.25, 0.3) is 0 Å². The lowest BCUT2D eigenvalue weighted by Crippen LogP contribution is -2.09. The Morgan fingerprint density at radius 1 is 1.35 bits per heavy atom. The molecule has 0 fully saturated rings. The highest BCUT2D eigenvalue weighted by Crippen LogP contribution is 2.20. The molecule has 1 atom stereocenters. The minimum absolute atomic E-state index is 0.143. The summed E-state index contributed by atoms with van der Waals surface area (Å²) < 4.78 is 8.21. The monoisotopic (exact) mass is 249 g/mol. The fourth-order valence-electron chi connectivity index (χ4n) is 1.60. The molecule has 5 heteroatoms. The smallest absolute Gasteiger partial charge is 0.195 e. The molecule has 0 amide bonds. The summed E-state index contributed by atoms with van der Waals surface area (Å²) in [7, 11) is 1.87. The van der Waals surface area contributed by atoms with Crippen LogP contribution in [0.2, 0.25) is 0 Å². The molecule has 0 aliphatic rings. The number of hydrogen-bond donors (Lipinski definition) is 1. The number of H-pyrrole nitrogens is 1. The van der Waals surface area contributed by atoms with Crippen LogP contribution >= 0.6 is 12.2 Å². The highest BCUT2D eigenvalue weighted by Gasteiger charge is 2.13. The van der Waals surface area contributed by atoms with E-state index in [1.807, 2.05) is 49.7 Å². The number of rotatable bonds is 3. The summed E-state index contributed by atoms with van der Waals surface area (Å²) in [4.78, 5) is 0. The van der Waals surface area contributed by atoms with Crippen LogP contribution in [0.1, 0.15) is 24.4 Å². The van der Waals surface area contributed by atoms with E-state index in [0.29, 0.717) is 4.77 Å². The second-order valence-electron chi connectivity index (χ2n) is 4.02. The summed E-state index contributed by atoms with van der Waals surface area (Å²) in [5, 5.41) is 6.90. The van der Waals surface area contributed by atoms with Gasteiger partial charge in [-0.1, -0.05) is 17.7 Å². The largest absolute Gasteiger partial charge is 0.483 e. The lowest BCUT2D eigenvalue weighted by Gasteiger charge is -2.13. The molecule has 0 aliphatic heterocycles. The van der Waals surface area contributed by atoms with E-state index in [9.17, 15) is 0 Å². The topological polar surface area (TPSA) is 42.8 Å². The van der Waals surface area contributed by atoms with Gasteiger partial charge in [-0.15, -0.1) is 0 Å². The summed E-state index contributed by atoms with van der Waals surface area (Å²) in [5.41, 5.74) is 1.21. The van der Waals surface area contributed by atoms with Crippen LogP contribution in [0.25, 0.3) is 0 Å². The first kappa shape index (κ1) is 11.9. The maximum atomic E-state index is 5.80. The van der Waals surface area contributed by atoms with Gasteiger partial charge in [-0.25, -0.2) is 0 Å². The molecule has 1 N–H and O–H groups in total. The average Bonchev–Trinajstić information content (AvgIpc) is 2.63.